The van der Waals surface area contributed by atoms with Crippen LogP contribution < -0.4 is 5.32 Å². The van der Waals surface area contributed by atoms with Crippen molar-refractivity contribution in [2.75, 3.05) is 13.1 Å². The zero-order valence-electron chi connectivity index (χ0n) is 18.5. The molecule has 6 rings (SSSR count). The number of carbonyl (C=O) groups excluding carboxylic acids is 2. The number of carbonyl (C=O) groups is 2. The van der Waals surface area contributed by atoms with Crippen LogP contribution in [0.2, 0.25) is 0 Å². The largest absolute Gasteiger partial charge is 0.464 e. The predicted octanol–water partition coefficient (Wildman–Crippen LogP) is 4.89. The number of fused-ring (bicyclic) bond motifs is 2. The van der Waals surface area contributed by atoms with Crippen LogP contribution in [0.15, 0.2) is 59.2 Å². The molecule has 3 unspecified atom stereocenters. The van der Waals surface area contributed by atoms with Crippen LogP contribution in [0.3, 0.4) is 0 Å². The highest BCUT2D eigenvalue weighted by molar-refractivity contribution is 7.15. The maximum Gasteiger partial charge on any atom is 0.274 e. The molecular weight excluding hydrogens is 453 g/mol. The summed E-state index contributed by atoms with van der Waals surface area (Å²) >= 11 is 1.39. The summed E-state index contributed by atoms with van der Waals surface area (Å²) in [6, 6.07) is 13.3. The summed E-state index contributed by atoms with van der Waals surface area (Å²) in [5.74, 6) is 0.168. The molecule has 0 radical (unpaired) electrons. The molecule has 2 aliphatic rings. The molecule has 34 heavy (non-hydrogen) atoms. The van der Waals surface area contributed by atoms with Crippen molar-refractivity contribution < 1.29 is 18.4 Å². The Morgan fingerprint density at radius 2 is 2.12 bits per heavy atom. The minimum atomic E-state index is -0.349. The van der Waals surface area contributed by atoms with Crippen molar-refractivity contribution in [3.05, 3.63) is 76.9 Å². The summed E-state index contributed by atoms with van der Waals surface area (Å²) in [5.41, 5.74) is 2.30. The van der Waals surface area contributed by atoms with Crippen LogP contribution in [-0.4, -0.2) is 40.8 Å². The Morgan fingerprint density at radius 3 is 2.97 bits per heavy atom. The van der Waals surface area contributed by atoms with E-state index in [4.69, 9.17) is 4.42 Å². The van der Waals surface area contributed by atoms with Gasteiger partial charge in [0, 0.05) is 24.0 Å². The van der Waals surface area contributed by atoms with Gasteiger partial charge in [0.05, 0.1) is 22.2 Å². The predicted molar refractivity (Wildman–Crippen MR) is 127 cm³/mol. The first kappa shape index (κ1) is 21.0. The fourth-order valence-electron chi connectivity index (χ4n) is 5.01. The fourth-order valence-corrected chi connectivity index (χ4v) is 5.91. The van der Waals surface area contributed by atoms with E-state index in [1.807, 2.05) is 17.9 Å². The molecule has 1 aliphatic heterocycles. The van der Waals surface area contributed by atoms with Crippen LogP contribution in [-0.2, 0) is 0 Å². The molecule has 2 fully saturated rings. The van der Waals surface area contributed by atoms with E-state index < -0.39 is 0 Å². The Hall–Kier alpha value is -3.52. The number of piperidine rings is 1. The standard InChI is InChI=1S/C26H22FN3O3S/c1-14-29-23(24(34-14)16-3-2-4-19(27)10-16)26(32)30-13-18-11-20(18)21(30)12-28-25(31)17-5-6-22-15(9-17)7-8-33-22/h2-10,18,20-21H,11-13H2,1H3,(H,28,31). The molecule has 2 aromatic heterocycles. The van der Waals surface area contributed by atoms with Gasteiger partial charge in [0.25, 0.3) is 11.8 Å². The second-order valence-electron chi connectivity index (χ2n) is 8.99. The Kier molecular flexibility index (Phi) is 4.99. The van der Waals surface area contributed by atoms with Gasteiger partial charge in [0.1, 0.15) is 17.1 Å². The van der Waals surface area contributed by atoms with Gasteiger partial charge in [0.2, 0.25) is 0 Å². The summed E-state index contributed by atoms with van der Waals surface area (Å²) in [6.45, 7) is 2.89. The first-order valence-corrected chi connectivity index (χ1v) is 12.1. The SMILES string of the molecule is Cc1nc(C(=O)N2CC3CC3C2CNC(=O)c2ccc3occc3c2)c(-c2cccc(F)c2)s1. The molecule has 1 aliphatic carbocycles. The number of likely N-dealkylation sites (tertiary alicyclic amines) is 1. The van der Waals surface area contributed by atoms with Gasteiger partial charge >= 0.3 is 0 Å². The summed E-state index contributed by atoms with van der Waals surface area (Å²) in [6.07, 6.45) is 2.66. The number of nitrogens with zero attached hydrogens (tertiary/aromatic N) is 2. The molecular formula is C26H22FN3O3S. The number of aryl methyl sites for hydroxylation is 1. The van der Waals surface area contributed by atoms with E-state index in [9.17, 15) is 14.0 Å². The smallest absolute Gasteiger partial charge is 0.274 e. The van der Waals surface area contributed by atoms with Gasteiger partial charge in [-0.25, -0.2) is 9.37 Å². The Balaban J connectivity index is 1.21. The minimum absolute atomic E-state index is 0.0820. The summed E-state index contributed by atoms with van der Waals surface area (Å²) in [7, 11) is 0. The maximum absolute atomic E-state index is 13.8. The highest BCUT2D eigenvalue weighted by Crippen LogP contribution is 2.50. The van der Waals surface area contributed by atoms with E-state index >= 15 is 0 Å². The minimum Gasteiger partial charge on any atom is -0.464 e. The van der Waals surface area contributed by atoms with Crippen molar-refractivity contribution >= 4 is 34.1 Å². The normalized spacial score (nSPS) is 21.0. The lowest BCUT2D eigenvalue weighted by Gasteiger charge is -2.27. The Morgan fingerprint density at radius 1 is 1.24 bits per heavy atom. The number of aromatic nitrogens is 1. The van der Waals surface area contributed by atoms with Gasteiger partial charge in [-0.3, -0.25) is 9.59 Å². The maximum atomic E-state index is 13.8. The van der Waals surface area contributed by atoms with Crippen LogP contribution in [0.4, 0.5) is 4.39 Å². The molecule has 2 aromatic carbocycles. The average Bonchev–Trinajstić information content (AvgIpc) is 3.15. The molecule has 172 valence electrons. The van der Waals surface area contributed by atoms with Crippen molar-refractivity contribution in [2.45, 2.75) is 19.4 Å². The summed E-state index contributed by atoms with van der Waals surface area (Å²) < 4.78 is 19.2. The molecule has 3 heterocycles. The monoisotopic (exact) mass is 475 g/mol. The number of hydrogen-bond acceptors (Lipinski definition) is 5. The van der Waals surface area contributed by atoms with Crippen LogP contribution >= 0.6 is 11.3 Å². The number of amides is 2. The first-order valence-electron chi connectivity index (χ1n) is 11.3. The van der Waals surface area contributed by atoms with Crippen LogP contribution in [0.5, 0.6) is 0 Å². The van der Waals surface area contributed by atoms with Gasteiger partial charge in [0.15, 0.2) is 0 Å². The Bertz CT molecular complexity index is 1430. The third-order valence-electron chi connectivity index (χ3n) is 6.77. The zero-order valence-corrected chi connectivity index (χ0v) is 19.3. The van der Waals surface area contributed by atoms with Gasteiger partial charge in [-0.05, 0) is 67.1 Å². The highest BCUT2D eigenvalue weighted by atomic mass is 32.1. The van der Waals surface area contributed by atoms with Crippen molar-refractivity contribution in [3.63, 3.8) is 0 Å². The molecule has 1 N–H and O–H groups in total. The van der Waals surface area contributed by atoms with Crippen LogP contribution in [0.25, 0.3) is 21.4 Å². The third kappa shape index (κ3) is 3.68. The topological polar surface area (TPSA) is 75.4 Å². The van der Waals surface area contributed by atoms with Gasteiger partial charge in [-0.15, -0.1) is 11.3 Å². The number of thiazole rings is 1. The fraction of sp³-hybridized carbons (Fsp3) is 0.269. The lowest BCUT2D eigenvalue weighted by Crippen LogP contribution is -2.45. The van der Waals surface area contributed by atoms with E-state index in [-0.39, 0.29) is 23.7 Å². The second kappa shape index (κ2) is 8.06. The molecule has 3 atom stereocenters. The second-order valence-corrected chi connectivity index (χ2v) is 10.2. The van der Waals surface area contributed by atoms with Crippen LogP contribution in [0.1, 0.15) is 32.3 Å². The molecule has 8 heteroatoms. The van der Waals surface area contributed by atoms with Crippen LogP contribution in [0, 0.1) is 24.6 Å². The van der Waals surface area contributed by atoms with Crippen molar-refractivity contribution in [3.8, 4) is 10.4 Å². The molecule has 6 nitrogen and oxygen atoms in total. The molecule has 1 saturated heterocycles. The number of rotatable bonds is 5. The van der Waals surface area contributed by atoms with E-state index in [1.165, 1.54) is 23.5 Å². The van der Waals surface area contributed by atoms with Crippen molar-refractivity contribution in [2.24, 2.45) is 11.8 Å². The number of furan rings is 1. The number of nitrogens with one attached hydrogen (secondary N) is 1. The van der Waals surface area contributed by atoms with Crippen molar-refractivity contribution in [1.29, 1.82) is 0 Å². The zero-order chi connectivity index (χ0) is 23.4. The van der Waals surface area contributed by atoms with Crippen molar-refractivity contribution in [1.82, 2.24) is 15.2 Å². The number of halogens is 1. The van der Waals surface area contributed by atoms with Gasteiger partial charge in [-0.1, -0.05) is 12.1 Å². The highest BCUT2D eigenvalue weighted by Gasteiger charge is 2.54. The lowest BCUT2D eigenvalue weighted by atomic mass is 10.1. The summed E-state index contributed by atoms with van der Waals surface area (Å²) in [5, 5.41) is 4.65. The van der Waals surface area contributed by atoms with Gasteiger partial charge in [-0.2, -0.15) is 0 Å². The van der Waals surface area contributed by atoms with E-state index in [0.717, 1.165) is 22.4 Å². The van der Waals surface area contributed by atoms with Gasteiger partial charge < -0.3 is 14.6 Å². The molecule has 4 aromatic rings. The number of benzene rings is 2. The quantitative estimate of drug-likeness (QED) is 0.446. The van der Waals surface area contributed by atoms with E-state index in [1.54, 1.807) is 36.6 Å². The number of hydrogen-bond donors (Lipinski definition) is 1. The lowest BCUT2D eigenvalue weighted by molar-refractivity contribution is 0.0690. The summed E-state index contributed by atoms with van der Waals surface area (Å²) in [4.78, 5) is 33.5. The van der Waals surface area contributed by atoms with E-state index in [2.05, 4.69) is 10.3 Å². The molecule has 0 spiro atoms. The molecule has 2 amide bonds. The third-order valence-corrected chi connectivity index (χ3v) is 7.79. The molecule has 1 saturated carbocycles. The Labute approximate surface area is 199 Å². The average molecular weight is 476 g/mol. The molecule has 0 bridgehead atoms. The van der Waals surface area contributed by atoms with E-state index in [0.29, 0.717) is 46.6 Å². The first-order chi connectivity index (χ1) is 16.5.